The molecule has 0 radical (unpaired) electrons. The van der Waals surface area contributed by atoms with E-state index in [0.29, 0.717) is 12.1 Å². The summed E-state index contributed by atoms with van der Waals surface area (Å²) in [7, 11) is 1.96. The number of aryl methyl sites for hydroxylation is 1. The maximum atomic E-state index is 6.59. The summed E-state index contributed by atoms with van der Waals surface area (Å²) < 4.78 is 8.45. The molecular formula is C21H30N4O. The summed E-state index contributed by atoms with van der Waals surface area (Å²) in [6, 6.07) is 9.46. The molecule has 26 heavy (non-hydrogen) atoms. The lowest BCUT2D eigenvalue weighted by molar-refractivity contribution is -0.0314. The van der Waals surface area contributed by atoms with Gasteiger partial charge in [0.2, 0.25) is 0 Å². The van der Waals surface area contributed by atoms with Crippen molar-refractivity contribution in [3.05, 3.63) is 47.8 Å². The normalized spacial score (nSPS) is 22.4. The molecule has 3 heterocycles. The number of nitrogens with one attached hydrogen (secondary N) is 1. The van der Waals surface area contributed by atoms with Gasteiger partial charge in [-0.15, -0.1) is 0 Å². The average Bonchev–Trinajstić information content (AvgIpc) is 3.05. The zero-order chi connectivity index (χ0) is 18.1. The second-order valence-corrected chi connectivity index (χ2v) is 8.11. The second kappa shape index (κ2) is 7.05. The molecule has 1 saturated heterocycles. The van der Waals surface area contributed by atoms with Crippen LogP contribution >= 0.6 is 0 Å². The number of hydrogen-bond donors (Lipinski definition) is 1. The number of aromatic nitrogens is 2. The number of para-hydroxylation sites is 1. The third-order valence-corrected chi connectivity index (χ3v) is 5.95. The fraction of sp³-hybridized carbons (Fsp3) is 0.571. The SMILES string of the molecule is CC(C)N1CCC2(CC1)C[C@H](NCc1cnn(C)c1)c1ccccc1O2. The van der Waals surface area contributed by atoms with E-state index < -0.39 is 0 Å². The molecule has 1 aromatic heterocycles. The van der Waals surface area contributed by atoms with Crippen LogP contribution in [0.25, 0.3) is 0 Å². The fourth-order valence-corrected chi connectivity index (χ4v) is 4.36. The van der Waals surface area contributed by atoms with Gasteiger partial charge >= 0.3 is 0 Å². The smallest absolute Gasteiger partial charge is 0.124 e. The van der Waals surface area contributed by atoms with Crippen LogP contribution in [-0.4, -0.2) is 39.4 Å². The maximum absolute atomic E-state index is 6.59. The first-order chi connectivity index (χ1) is 12.5. The van der Waals surface area contributed by atoms with Gasteiger partial charge in [0, 0.05) is 62.5 Å². The van der Waals surface area contributed by atoms with E-state index in [2.05, 4.69) is 59.6 Å². The molecule has 0 aliphatic carbocycles. The highest BCUT2D eigenvalue weighted by Gasteiger charge is 2.43. The lowest BCUT2D eigenvalue weighted by Gasteiger charge is -2.48. The molecule has 0 bridgehead atoms. The van der Waals surface area contributed by atoms with Gasteiger partial charge in [0.1, 0.15) is 11.4 Å². The van der Waals surface area contributed by atoms with Crippen LogP contribution in [0.3, 0.4) is 0 Å². The minimum Gasteiger partial charge on any atom is -0.487 e. The number of rotatable bonds is 4. The summed E-state index contributed by atoms with van der Waals surface area (Å²) >= 11 is 0. The highest BCUT2D eigenvalue weighted by atomic mass is 16.5. The molecule has 1 spiro atoms. The molecule has 2 aliphatic rings. The molecule has 1 fully saturated rings. The van der Waals surface area contributed by atoms with Crippen LogP contribution in [-0.2, 0) is 13.6 Å². The molecule has 2 aliphatic heterocycles. The first kappa shape index (κ1) is 17.6. The predicted molar refractivity (Wildman–Crippen MR) is 103 cm³/mol. The van der Waals surface area contributed by atoms with E-state index in [1.807, 2.05) is 17.9 Å². The van der Waals surface area contributed by atoms with Crippen LogP contribution in [0, 0.1) is 0 Å². The van der Waals surface area contributed by atoms with E-state index in [1.54, 1.807) is 0 Å². The first-order valence-corrected chi connectivity index (χ1v) is 9.78. The number of likely N-dealkylation sites (tertiary alicyclic amines) is 1. The summed E-state index contributed by atoms with van der Waals surface area (Å²) in [5.74, 6) is 1.06. The predicted octanol–water partition coefficient (Wildman–Crippen LogP) is 3.28. The third kappa shape index (κ3) is 3.51. The van der Waals surface area contributed by atoms with Gasteiger partial charge in [0.15, 0.2) is 0 Å². The summed E-state index contributed by atoms with van der Waals surface area (Å²) in [6.45, 7) is 7.64. The molecule has 140 valence electrons. The Kier molecular flexibility index (Phi) is 4.76. The van der Waals surface area contributed by atoms with Gasteiger partial charge in [-0.05, 0) is 32.8 Å². The van der Waals surface area contributed by atoms with Gasteiger partial charge in [0.25, 0.3) is 0 Å². The highest BCUT2D eigenvalue weighted by Crippen LogP contribution is 2.44. The summed E-state index contributed by atoms with van der Waals surface area (Å²) in [5.41, 5.74) is 2.47. The van der Waals surface area contributed by atoms with Crippen molar-refractivity contribution in [3.8, 4) is 5.75 Å². The van der Waals surface area contributed by atoms with Gasteiger partial charge in [-0.3, -0.25) is 4.68 Å². The standard InChI is InChI=1S/C21H30N4O/c1-16(2)25-10-8-21(9-11-25)12-19(18-6-4-5-7-20(18)26-21)22-13-17-14-23-24(3)15-17/h4-7,14-16,19,22H,8-13H2,1-3H3/t19-/m0/s1. The Labute approximate surface area is 156 Å². The highest BCUT2D eigenvalue weighted by molar-refractivity contribution is 5.39. The number of piperidine rings is 1. The molecule has 0 amide bonds. The fourth-order valence-electron chi connectivity index (χ4n) is 4.36. The van der Waals surface area contributed by atoms with Crippen molar-refractivity contribution >= 4 is 0 Å². The van der Waals surface area contributed by atoms with E-state index >= 15 is 0 Å². The van der Waals surface area contributed by atoms with Crippen molar-refractivity contribution in [1.29, 1.82) is 0 Å². The van der Waals surface area contributed by atoms with Crippen LogP contribution in [0.4, 0.5) is 0 Å². The molecular weight excluding hydrogens is 324 g/mol. The van der Waals surface area contributed by atoms with E-state index in [9.17, 15) is 0 Å². The molecule has 1 atom stereocenters. The van der Waals surface area contributed by atoms with Crippen molar-refractivity contribution in [3.63, 3.8) is 0 Å². The van der Waals surface area contributed by atoms with E-state index in [0.717, 1.165) is 44.6 Å². The number of fused-ring (bicyclic) bond motifs is 1. The molecule has 1 N–H and O–H groups in total. The zero-order valence-electron chi connectivity index (χ0n) is 16.1. The molecule has 0 unspecified atom stereocenters. The van der Waals surface area contributed by atoms with Crippen LogP contribution in [0.5, 0.6) is 5.75 Å². The largest absolute Gasteiger partial charge is 0.487 e. The number of nitrogens with zero attached hydrogens (tertiary/aromatic N) is 3. The van der Waals surface area contributed by atoms with Crippen molar-refractivity contribution in [2.75, 3.05) is 13.1 Å². The van der Waals surface area contributed by atoms with Gasteiger partial charge in [-0.1, -0.05) is 18.2 Å². The number of benzene rings is 1. The number of hydrogen-bond acceptors (Lipinski definition) is 4. The van der Waals surface area contributed by atoms with Crippen LogP contribution in [0.15, 0.2) is 36.7 Å². The minimum atomic E-state index is -0.0354. The van der Waals surface area contributed by atoms with Gasteiger partial charge in [-0.2, -0.15) is 5.10 Å². The Bertz CT molecular complexity index is 746. The van der Waals surface area contributed by atoms with Crippen molar-refractivity contribution < 1.29 is 4.74 Å². The number of ether oxygens (including phenoxy) is 1. The molecule has 5 heteroatoms. The van der Waals surface area contributed by atoms with Gasteiger partial charge in [-0.25, -0.2) is 0 Å². The molecule has 5 nitrogen and oxygen atoms in total. The molecule has 1 aromatic carbocycles. The zero-order valence-corrected chi connectivity index (χ0v) is 16.1. The summed E-state index contributed by atoms with van der Waals surface area (Å²) in [4.78, 5) is 2.56. The van der Waals surface area contributed by atoms with Crippen LogP contribution in [0.1, 0.15) is 50.3 Å². The van der Waals surface area contributed by atoms with E-state index in [1.165, 1.54) is 11.1 Å². The first-order valence-electron chi connectivity index (χ1n) is 9.78. The Morgan fingerprint density at radius 3 is 2.73 bits per heavy atom. The lowest BCUT2D eigenvalue weighted by Crippen LogP contribution is -2.53. The van der Waals surface area contributed by atoms with E-state index in [-0.39, 0.29) is 5.60 Å². The Hall–Kier alpha value is -1.85. The average molecular weight is 354 g/mol. The Morgan fingerprint density at radius 2 is 2.04 bits per heavy atom. The van der Waals surface area contributed by atoms with Crippen molar-refractivity contribution in [2.45, 2.75) is 57.3 Å². The Balaban J connectivity index is 1.51. The van der Waals surface area contributed by atoms with E-state index in [4.69, 9.17) is 4.74 Å². The maximum Gasteiger partial charge on any atom is 0.124 e. The minimum absolute atomic E-state index is 0.0354. The molecule has 2 aromatic rings. The van der Waals surface area contributed by atoms with Crippen LogP contribution in [0.2, 0.25) is 0 Å². The monoisotopic (exact) mass is 354 g/mol. The second-order valence-electron chi connectivity index (χ2n) is 8.11. The quantitative estimate of drug-likeness (QED) is 0.915. The van der Waals surface area contributed by atoms with Crippen molar-refractivity contribution in [2.24, 2.45) is 7.05 Å². The lowest BCUT2D eigenvalue weighted by atomic mass is 9.80. The topological polar surface area (TPSA) is 42.3 Å². The van der Waals surface area contributed by atoms with Gasteiger partial charge in [0.05, 0.1) is 6.20 Å². The Morgan fingerprint density at radius 1 is 1.27 bits per heavy atom. The third-order valence-electron chi connectivity index (χ3n) is 5.95. The summed E-state index contributed by atoms with van der Waals surface area (Å²) in [5, 5.41) is 8.05. The van der Waals surface area contributed by atoms with Gasteiger partial charge < -0.3 is 15.0 Å². The molecule has 4 rings (SSSR count). The molecule has 0 saturated carbocycles. The van der Waals surface area contributed by atoms with Crippen molar-refractivity contribution in [1.82, 2.24) is 20.0 Å². The van der Waals surface area contributed by atoms with Crippen LogP contribution < -0.4 is 10.1 Å². The summed E-state index contributed by atoms with van der Waals surface area (Å²) in [6.07, 6.45) is 7.26.